The van der Waals surface area contributed by atoms with Crippen LogP contribution in [0, 0.1) is 5.82 Å². The second-order valence-corrected chi connectivity index (χ2v) is 4.24. The SMILES string of the molecule is O=C(O)c1nn2c(c1-c1ccccc1F)OCCC2. The van der Waals surface area contributed by atoms with Crippen LogP contribution in [-0.2, 0) is 6.54 Å². The molecule has 3 rings (SSSR count). The van der Waals surface area contributed by atoms with E-state index < -0.39 is 11.8 Å². The summed E-state index contributed by atoms with van der Waals surface area (Å²) in [4.78, 5) is 11.3. The van der Waals surface area contributed by atoms with Gasteiger partial charge in [0.2, 0.25) is 5.88 Å². The summed E-state index contributed by atoms with van der Waals surface area (Å²) in [7, 11) is 0. The van der Waals surface area contributed by atoms with Crippen LogP contribution in [0.5, 0.6) is 5.88 Å². The van der Waals surface area contributed by atoms with E-state index in [4.69, 9.17) is 4.74 Å². The van der Waals surface area contributed by atoms with Crippen molar-refractivity contribution < 1.29 is 19.0 Å². The van der Waals surface area contributed by atoms with Gasteiger partial charge in [-0.3, -0.25) is 0 Å². The van der Waals surface area contributed by atoms with Crippen LogP contribution >= 0.6 is 0 Å². The normalized spacial score (nSPS) is 13.7. The number of aromatic nitrogens is 2. The smallest absolute Gasteiger partial charge is 0.357 e. The lowest BCUT2D eigenvalue weighted by molar-refractivity contribution is 0.0690. The van der Waals surface area contributed by atoms with Gasteiger partial charge in [0.15, 0.2) is 5.69 Å². The molecule has 0 amide bonds. The van der Waals surface area contributed by atoms with Gasteiger partial charge in [-0.05, 0) is 6.07 Å². The van der Waals surface area contributed by atoms with Gasteiger partial charge < -0.3 is 9.84 Å². The molecule has 1 N–H and O–H groups in total. The molecule has 6 heteroatoms. The molecule has 0 spiro atoms. The number of carbonyl (C=O) groups is 1. The molecule has 0 saturated heterocycles. The molecule has 2 heterocycles. The summed E-state index contributed by atoms with van der Waals surface area (Å²) >= 11 is 0. The van der Waals surface area contributed by atoms with E-state index in [0.717, 1.165) is 6.42 Å². The first-order valence-corrected chi connectivity index (χ1v) is 5.90. The van der Waals surface area contributed by atoms with Crippen LogP contribution in [0.3, 0.4) is 0 Å². The summed E-state index contributed by atoms with van der Waals surface area (Å²) < 4.78 is 20.8. The summed E-state index contributed by atoms with van der Waals surface area (Å²) in [5.41, 5.74) is 0.232. The van der Waals surface area contributed by atoms with Crippen LogP contribution in [0.4, 0.5) is 4.39 Å². The third-order valence-corrected chi connectivity index (χ3v) is 3.00. The van der Waals surface area contributed by atoms with Crippen molar-refractivity contribution in [2.45, 2.75) is 13.0 Å². The minimum absolute atomic E-state index is 0.179. The molecule has 0 bridgehead atoms. The van der Waals surface area contributed by atoms with Gasteiger partial charge in [-0.1, -0.05) is 18.2 Å². The number of carboxylic acid groups (broad SMARTS) is 1. The quantitative estimate of drug-likeness (QED) is 0.900. The van der Waals surface area contributed by atoms with Gasteiger partial charge in [0, 0.05) is 18.5 Å². The summed E-state index contributed by atoms with van der Waals surface area (Å²) in [6.45, 7) is 1.05. The van der Waals surface area contributed by atoms with Crippen molar-refractivity contribution in [3.05, 3.63) is 35.8 Å². The van der Waals surface area contributed by atoms with Gasteiger partial charge in [0.25, 0.3) is 0 Å². The Bertz CT molecular complexity index is 651. The Morgan fingerprint density at radius 1 is 1.42 bits per heavy atom. The predicted octanol–water partition coefficient (Wildman–Crippen LogP) is 2.17. The highest BCUT2D eigenvalue weighted by Gasteiger charge is 2.28. The number of ether oxygens (including phenoxy) is 1. The van der Waals surface area contributed by atoms with Crippen molar-refractivity contribution in [2.75, 3.05) is 6.61 Å². The summed E-state index contributed by atoms with van der Waals surface area (Å²) in [5.74, 6) is -1.35. The molecular formula is C13H11FN2O3. The minimum Gasteiger partial charge on any atom is -0.477 e. The fraction of sp³-hybridized carbons (Fsp3) is 0.231. The number of nitrogens with zero attached hydrogens (tertiary/aromatic N) is 2. The first-order valence-electron chi connectivity index (χ1n) is 5.90. The fourth-order valence-corrected chi connectivity index (χ4v) is 2.18. The number of hydrogen-bond donors (Lipinski definition) is 1. The molecule has 0 atom stereocenters. The number of fused-ring (bicyclic) bond motifs is 1. The Hall–Kier alpha value is -2.37. The van der Waals surface area contributed by atoms with Crippen molar-refractivity contribution >= 4 is 5.97 Å². The van der Waals surface area contributed by atoms with Crippen LogP contribution in [0.2, 0.25) is 0 Å². The molecule has 5 nitrogen and oxygen atoms in total. The number of hydrogen-bond acceptors (Lipinski definition) is 3. The van der Waals surface area contributed by atoms with E-state index in [0.29, 0.717) is 19.0 Å². The summed E-state index contributed by atoms with van der Waals surface area (Å²) in [6.07, 6.45) is 0.754. The molecule has 2 aromatic rings. The first kappa shape index (κ1) is 11.7. The van der Waals surface area contributed by atoms with E-state index >= 15 is 0 Å². The topological polar surface area (TPSA) is 64.3 Å². The zero-order valence-electron chi connectivity index (χ0n) is 9.97. The van der Waals surface area contributed by atoms with Gasteiger partial charge in [-0.15, -0.1) is 0 Å². The Balaban J connectivity index is 2.27. The van der Waals surface area contributed by atoms with Crippen molar-refractivity contribution in [1.82, 2.24) is 9.78 Å². The van der Waals surface area contributed by atoms with Crippen molar-refractivity contribution in [2.24, 2.45) is 0 Å². The van der Waals surface area contributed by atoms with Crippen molar-refractivity contribution in [3.8, 4) is 17.0 Å². The molecule has 0 fully saturated rings. The Kier molecular flexibility index (Phi) is 2.70. The Morgan fingerprint density at radius 3 is 2.95 bits per heavy atom. The number of halogens is 1. The highest BCUT2D eigenvalue weighted by atomic mass is 19.1. The molecule has 98 valence electrons. The lowest BCUT2D eigenvalue weighted by Gasteiger charge is -2.16. The third-order valence-electron chi connectivity index (χ3n) is 3.00. The summed E-state index contributed by atoms with van der Waals surface area (Å²) in [6, 6.07) is 6.01. The van der Waals surface area contributed by atoms with Gasteiger partial charge in [0.05, 0.1) is 12.2 Å². The van der Waals surface area contributed by atoms with Crippen LogP contribution < -0.4 is 4.74 Å². The maximum Gasteiger partial charge on any atom is 0.357 e. The highest BCUT2D eigenvalue weighted by Crippen LogP contribution is 2.36. The van der Waals surface area contributed by atoms with Crippen LogP contribution in [0.15, 0.2) is 24.3 Å². The zero-order chi connectivity index (χ0) is 13.4. The Morgan fingerprint density at radius 2 is 2.21 bits per heavy atom. The van der Waals surface area contributed by atoms with Crippen molar-refractivity contribution in [1.29, 1.82) is 0 Å². The number of benzene rings is 1. The molecule has 1 aromatic heterocycles. The molecule has 19 heavy (non-hydrogen) atoms. The second-order valence-electron chi connectivity index (χ2n) is 4.24. The van der Waals surface area contributed by atoms with Crippen LogP contribution in [0.25, 0.3) is 11.1 Å². The molecule has 0 unspecified atom stereocenters. The zero-order valence-corrected chi connectivity index (χ0v) is 9.97. The lowest BCUT2D eigenvalue weighted by Crippen LogP contribution is -2.15. The van der Waals surface area contributed by atoms with Crippen molar-refractivity contribution in [3.63, 3.8) is 0 Å². The van der Waals surface area contributed by atoms with Crippen LogP contribution in [0.1, 0.15) is 16.9 Å². The second kappa shape index (κ2) is 4.38. The lowest BCUT2D eigenvalue weighted by atomic mass is 10.1. The number of rotatable bonds is 2. The first-order chi connectivity index (χ1) is 9.18. The van der Waals surface area contributed by atoms with Gasteiger partial charge in [-0.25, -0.2) is 13.9 Å². The van der Waals surface area contributed by atoms with E-state index in [1.807, 2.05) is 0 Å². The maximum atomic E-state index is 13.9. The van der Waals surface area contributed by atoms with Gasteiger partial charge in [-0.2, -0.15) is 5.10 Å². The molecule has 1 aromatic carbocycles. The third kappa shape index (κ3) is 1.85. The molecule has 1 aliphatic rings. The molecule has 0 saturated carbocycles. The number of aromatic carboxylic acids is 1. The maximum absolute atomic E-state index is 13.9. The number of carboxylic acids is 1. The summed E-state index contributed by atoms with van der Waals surface area (Å²) in [5, 5.41) is 13.2. The standard InChI is InChI=1S/C13H11FN2O3/c14-9-5-2-1-4-8(9)10-11(13(17)18)15-16-6-3-7-19-12(10)16/h1-2,4-5H,3,6-7H2,(H,17,18). The Labute approximate surface area is 108 Å². The molecule has 1 aliphatic heterocycles. The largest absolute Gasteiger partial charge is 0.477 e. The van der Waals surface area contributed by atoms with E-state index in [-0.39, 0.29) is 16.8 Å². The molecular weight excluding hydrogens is 251 g/mol. The van der Waals surface area contributed by atoms with E-state index in [1.165, 1.54) is 16.8 Å². The highest BCUT2D eigenvalue weighted by molar-refractivity contribution is 5.95. The fourth-order valence-electron chi connectivity index (χ4n) is 2.18. The van der Waals surface area contributed by atoms with E-state index in [2.05, 4.69) is 5.10 Å². The van der Waals surface area contributed by atoms with Gasteiger partial charge in [0.1, 0.15) is 5.82 Å². The monoisotopic (exact) mass is 262 g/mol. The van der Waals surface area contributed by atoms with Gasteiger partial charge >= 0.3 is 5.97 Å². The van der Waals surface area contributed by atoms with E-state index in [1.54, 1.807) is 12.1 Å². The predicted molar refractivity (Wildman–Crippen MR) is 64.7 cm³/mol. The average Bonchev–Trinajstić information content (AvgIpc) is 2.79. The minimum atomic E-state index is -1.19. The molecule has 0 radical (unpaired) electrons. The van der Waals surface area contributed by atoms with E-state index in [9.17, 15) is 14.3 Å². The van der Waals surface area contributed by atoms with Crippen LogP contribution in [-0.4, -0.2) is 27.5 Å². The molecule has 0 aliphatic carbocycles. The average molecular weight is 262 g/mol. The number of aryl methyl sites for hydroxylation is 1.